The van der Waals surface area contributed by atoms with Crippen molar-refractivity contribution < 1.29 is 9.59 Å². The summed E-state index contributed by atoms with van der Waals surface area (Å²) in [5.41, 5.74) is 0. The number of carbonyl (C=O) groups is 2. The third-order valence-corrected chi connectivity index (χ3v) is 2.76. The van der Waals surface area contributed by atoms with Crippen molar-refractivity contribution in [2.24, 2.45) is 5.92 Å². The van der Waals surface area contributed by atoms with Crippen molar-refractivity contribution >= 4 is 11.8 Å². The van der Waals surface area contributed by atoms with Crippen molar-refractivity contribution in [3.63, 3.8) is 0 Å². The average Bonchev–Trinajstić information content (AvgIpc) is 2.34. The molecule has 1 aliphatic rings. The molecule has 1 saturated heterocycles. The lowest BCUT2D eigenvalue weighted by Crippen LogP contribution is -2.49. The van der Waals surface area contributed by atoms with Gasteiger partial charge in [-0.3, -0.25) is 9.59 Å². The Morgan fingerprint density at radius 1 is 1.29 bits per heavy atom. The second kappa shape index (κ2) is 7.27. The van der Waals surface area contributed by atoms with Gasteiger partial charge in [-0.2, -0.15) is 0 Å². The van der Waals surface area contributed by atoms with Gasteiger partial charge in [0.15, 0.2) is 0 Å². The van der Waals surface area contributed by atoms with Gasteiger partial charge in [-0.15, -0.1) is 0 Å². The fourth-order valence-corrected chi connectivity index (χ4v) is 1.75. The standard InChI is InChI=1S/C12H23N3O2/c1-9(2)7-14-11(16)8-15-12(17)10-5-3-4-6-13-10/h9-10,13H,3-8H2,1-2H3,(H,14,16)(H,15,17)/t10-/m1/s1. The van der Waals surface area contributed by atoms with Crippen LogP contribution in [0.1, 0.15) is 33.1 Å². The molecule has 0 bridgehead atoms. The van der Waals surface area contributed by atoms with Gasteiger partial charge in [0.1, 0.15) is 0 Å². The van der Waals surface area contributed by atoms with Crippen LogP contribution in [-0.2, 0) is 9.59 Å². The Balaban J connectivity index is 2.16. The fraction of sp³-hybridized carbons (Fsp3) is 0.833. The van der Waals surface area contributed by atoms with Gasteiger partial charge in [0.05, 0.1) is 12.6 Å². The highest BCUT2D eigenvalue weighted by Crippen LogP contribution is 2.06. The van der Waals surface area contributed by atoms with Gasteiger partial charge in [-0.1, -0.05) is 20.3 Å². The van der Waals surface area contributed by atoms with Crippen LogP contribution in [0.2, 0.25) is 0 Å². The highest BCUT2D eigenvalue weighted by atomic mass is 16.2. The summed E-state index contributed by atoms with van der Waals surface area (Å²) in [5.74, 6) is 0.238. The summed E-state index contributed by atoms with van der Waals surface area (Å²) in [7, 11) is 0. The van der Waals surface area contributed by atoms with Crippen LogP contribution in [0.5, 0.6) is 0 Å². The fourth-order valence-electron chi connectivity index (χ4n) is 1.75. The highest BCUT2D eigenvalue weighted by Gasteiger charge is 2.20. The van der Waals surface area contributed by atoms with E-state index >= 15 is 0 Å². The molecule has 0 aromatic heterocycles. The molecule has 0 saturated carbocycles. The number of nitrogens with one attached hydrogen (secondary N) is 3. The molecule has 1 aliphatic heterocycles. The van der Waals surface area contributed by atoms with Crippen molar-refractivity contribution in [3.05, 3.63) is 0 Å². The van der Waals surface area contributed by atoms with E-state index in [-0.39, 0.29) is 24.4 Å². The summed E-state index contributed by atoms with van der Waals surface area (Å²) in [6.07, 6.45) is 3.06. The first-order chi connectivity index (χ1) is 8.09. The van der Waals surface area contributed by atoms with E-state index in [1.807, 2.05) is 13.8 Å². The smallest absolute Gasteiger partial charge is 0.239 e. The number of hydrogen-bond donors (Lipinski definition) is 3. The van der Waals surface area contributed by atoms with Crippen LogP contribution in [0, 0.1) is 5.92 Å². The molecular formula is C12H23N3O2. The summed E-state index contributed by atoms with van der Waals surface area (Å²) < 4.78 is 0. The molecule has 98 valence electrons. The maximum Gasteiger partial charge on any atom is 0.239 e. The minimum atomic E-state index is -0.123. The minimum absolute atomic E-state index is 0.0654. The molecule has 5 nitrogen and oxygen atoms in total. The van der Waals surface area contributed by atoms with Crippen LogP contribution in [0.25, 0.3) is 0 Å². The van der Waals surface area contributed by atoms with E-state index < -0.39 is 0 Å². The monoisotopic (exact) mass is 241 g/mol. The molecule has 1 rings (SSSR count). The predicted molar refractivity (Wildman–Crippen MR) is 66.5 cm³/mol. The summed E-state index contributed by atoms with van der Waals surface area (Å²) >= 11 is 0. The van der Waals surface area contributed by atoms with Crippen LogP contribution in [0.4, 0.5) is 0 Å². The number of piperidine rings is 1. The quantitative estimate of drug-likeness (QED) is 0.635. The van der Waals surface area contributed by atoms with E-state index in [0.29, 0.717) is 12.5 Å². The Hall–Kier alpha value is -1.10. The van der Waals surface area contributed by atoms with Crippen LogP contribution in [0.15, 0.2) is 0 Å². The molecule has 17 heavy (non-hydrogen) atoms. The topological polar surface area (TPSA) is 70.2 Å². The van der Waals surface area contributed by atoms with Gasteiger partial charge in [0.25, 0.3) is 0 Å². The third-order valence-electron chi connectivity index (χ3n) is 2.76. The van der Waals surface area contributed by atoms with Crippen molar-refractivity contribution in [3.8, 4) is 0 Å². The SMILES string of the molecule is CC(C)CNC(=O)CNC(=O)[C@H]1CCCCN1. The lowest BCUT2D eigenvalue weighted by molar-refractivity contribution is -0.127. The predicted octanol–water partition coefficient (Wildman–Crippen LogP) is 0.0169. The lowest BCUT2D eigenvalue weighted by Gasteiger charge is -2.22. The summed E-state index contributed by atoms with van der Waals surface area (Å²) in [6.45, 7) is 5.67. The van der Waals surface area contributed by atoms with Gasteiger partial charge in [-0.25, -0.2) is 0 Å². The molecule has 0 unspecified atom stereocenters. The van der Waals surface area contributed by atoms with Gasteiger partial charge in [0, 0.05) is 6.54 Å². The molecule has 0 aromatic carbocycles. The third kappa shape index (κ3) is 5.68. The maximum absolute atomic E-state index is 11.7. The van der Waals surface area contributed by atoms with E-state index in [2.05, 4.69) is 16.0 Å². The molecule has 1 fully saturated rings. The first-order valence-corrected chi connectivity index (χ1v) is 6.37. The number of rotatable bonds is 5. The Labute approximate surface area is 103 Å². The molecule has 5 heteroatoms. The zero-order chi connectivity index (χ0) is 12.7. The van der Waals surface area contributed by atoms with Crippen molar-refractivity contribution in [2.75, 3.05) is 19.6 Å². The van der Waals surface area contributed by atoms with Gasteiger partial charge in [-0.05, 0) is 25.3 Å². The van der Waals surface area contributed by atoms with E-state index in [0.717, 1.165) is 25.8 Å². The summed E-state index contributed by atoms with van der Waals surface area (Å²) in [5, 5.41) is 8.58. The first kappa shape index (κ1) is 14.0. The second-order valence-electron chi connectivity index (χ2n) is 4.92. The van der Waals surface area contributed by atoms with E-state index in [4.69, 9.17) is 0 Å². The Morgan fingerprint density at radius 3 is 2.65 bits per heavy atom. The molecule has 1 atom stereocenters. The van der Waals surface area contributed by atoms with Gasteiger partial charge >= 0.3 is 0 Å². The number of amides is 2. The molecule has 0 spiro atoms. The van der Waals surface area contributed by atoms with Crippen molar-refractivity contribution in [1.29, 1.82) is 0 Å². The molecule has 3 N–H and O–H groups in total. The van der Waals surface area contributed by atoms with E-state index in [1.54, 1.807) is 0 Å². The Morgan fingerprint density at radius 2 is 2.06 bits per heavy atom. The van der Waals surface area contributed by atoms with Crippen molar-refractivity contribution in [2.45, 2.75) is 39.2 Å². The minimum Gasteiger partial charge on any atom is -0.354 e. The lowest BCUT2D eigenvalue weighted by atomic mass is 10.0. The molecule has 0 aromatic rings. The number of carbonyl (C=O) groups excluding carboxylic acids is 2. The molecular weight excluding hydrogens is 218 g/mol. The van der Waals surface area contributed by atoms with Crippen LogP contribution in [-0.4, -0.2) is 37.5 Å². The van der Waals surface area contributed by atoms with E-state index in [1.165, 1.54) is 0 Å². The second-order valence-corrected chi connectivity index (χ2v) is 4.92. The summed E-state index contributed by atoms with van der Waals surface area (Å²) in [6, 6.07) is -0.123. The zero-order valence-electron chi connectivity index (χ0n) is 10.7. The number of hydrogen-bond acceptors (Lipinski definition) is 3. The van der Waals surface area contributed by atoms with Crippen LogP contribution in [0.3, 0.4) is 0 Å². The van der Waals surface area contributed by atoms with Crippen LogP contribution >= 0.6 is 0 Å². The van der Waals surface area contributed by atoms with Crippen LogP contribution < -0.4 is 16.0 Å². The summed E-state index contributed by atoms with van der Waals surface area (Å²) in [4.78, 5) is 23.1. The van der Waals surface area contributed by atoms with E-state index in [9.17, 15) is 9.59 Å². The molecule has 0 aliphatic carbocycles. The largest absolute Gasteiger partial charge is 0.354 e. The van der Waals surface area contributed by atoms with Gasteiger partial charge in [0.2, 0.25) is 11.8 Å². The Bertz CT molecular complexity index is 260. The first-order valence-electron chi connectivity index (χ1n) is 6.37. The maximum atomic E-state index is 11.7. The normalized spacial score (nSPS) is 20.1. The molecule has 2 amide bonds. The highest BCUT2D eigenvalue weighted by molar-refractivity contribution is 5.87. The Kier molecular flexibility index (Phi) is 5.97. The molecule has 0 radical (unpaired) electrons. The molecule has 1 heterocycles. The van der Waals surface area contributed by atoms with Crippen molar-refractivity contribution in [1.82, 2.24) is 16.0 Å². The zero-order valence-corrected chi connectivity index (χ0v) is 10.7. The van der Waals surface area contributed by atoms with Gasteiger partial charge < -0.3 is 16.0 Å². The average molecular weight is 241 g/mol.